The van der Waals surface area contributed by atoms with Crippen molar-refractivity contribution in [1.29, 1.82) is 0 Å². The first-order valence-electron chi connectivity index (χ1n) is 11.0. The summed E-state index contributed by atoms with van der Waals surface area (Å²) in [6.07, 6.45) is 11.2. The van der Waals surface area contributed by atoms with Crippen LogP contribution in [0, 0.1) is 11.3 Å². The Morgan fingerprint density at radius 1 is 1.13 bits per heavy atom. The Morgan fingerprint density at radius 2 is 2.00 bits per heavy atom. The highest BCUT2D eigenvalue weighted by Gasteiger charge is 2.57. The Morgan fingerprint density at radius 3 is 2.83 bits per heavy atom. The summed E-state index contributed by atoms with van der Waals surface area (Å²) in [5.41, 5.74) is 3.68. The molecule has 154 valence electrons. The van der Waals surface area contributed by atoms with Crippen molar-refractivity contribution in [3.63, 3.8) is 0 Å². The zero-order valence-corrected chi connectivity index (χ0v) is 17.5. The molecule has 0 unspecified atom stereocenters. The normalized spacial score (nSPS) is 19.6. The van der Waals surface area contributed by atoms with Crippen LogP contribution in [0.3, 0.4) is 0 Å². The predicted molar refractivity (Wildman–Crippen MR) is 119 cm³/mol. The zero-order chi connectivity index (χ0) is 20.6. The van der Waals surface area contributed by atoms with E-state index in [1.54, 1.807) is 7.11 Å². The lowest BCUT2D eigenvalue weighted by molar-refractivity contribution is -0.123. The van der Waals surface area contributed by atoms with Gasteiger partial charge in [-0.25, -0.2) is 0 Å². The highest BCUT2D eigenvalue weighted by molar-refractivity contribution is 5.98. The van der Waals surface area contributed by atoms with Crippen LogP contribution in [-0.2, 0) is 11.3 Å². The fourth-order valence-corrected chi connectivity index (χ4v) is 5.28. The molecule has 1 heterocycles. The van der Waals surface area contributed by atoms with Gasteiger partial charge < -0.3 is 10.1 Å². The zero-order valence-electron chi connectivity index (χ0n) is 17.5. The molecule has 1 spiro atoms. The van der Waals surface area contributed by atoms with Crippen molar-refractivity contribution >= 4 is 16.7 Å². The molecular weight excluding hydrogens is 372 g/mol. The SMILES string of the molecule is COc1cccc(-c2ccc(CNC(=O)[C@@H]3CC34CCCCC4)c3cnccc23)c1. The lowest BCUT2D eigenvalue weighted by Gasteiger charge is -2.22. The minimum atomic E-state index is 0.221. The number of amides is 1. The highest BCUT2D eigenvalue weighted by Crippen LogP contribution is 2.61. The van der Waals surface area contributed by atoms with Crippen molar-refractivity contribution in [3.8, 4) is 16.9 Å². The minimum absolute atomic E-state index is 0.221. The molecule has 2 fully saturated rings. The molecule has 1 aromatic heterocycles. The molecule has 3 aromatic rings. The molecule has 4 nitrogen and oxygen atoms in total. The van der Waals surface area contributed by atoms with Crippen molar-refractivity contribution in [3.05, 3.63) is 60.4 Å². The van der Waals surface area contributed by atoms with Crippen LogP contribution >= 0.6 is 0 Å². The minimum Gasteiger partial charge on any atom is -0.497 e. The van der Waals surface area contributed by atoms with E-state index in [9.17, 15) is 4.79 Å². The molecule has 1 amide bonds. The van der Waals surface area contributed by atoms with Gasteiger partial charge in [0, 0.05) is 30.2 Å². The van der Waals surface area contributed by atoms with Gasteiger partial charge in [-0.15, -0.1) is 0 Å². The summed E-state index contributed by atoms with van der Waals surface area (Å²) < 4.78 is 5.39. The number of carbonyl (C=O) groups excluding carboxylic acids is 1. The van der Waals surface area contributed by atoms with Gasteiger partial charge in [0.2, 0.25) is 5.91 Å². The van der Waals surface area contributed by atoms with Crippen molar-refractivity contribution in [2.75, 3.05) is 7.11 Å². The quantitative estimate of drug-likeness (QED) is 0.615. The smallest absolute Gasteiger partial charge is 0.223 e. The number of fused-ring (bicyclic) bond motifs is 1. The van der Waals surface area contributed by atoms with E-state index >= 15 is 0 Å². The van der Waals surface area contributed by atoms with E-state index in [1.165, 1.54) is 32.1 Å². The molecule has 2 aliphatic rings. The van der Waals surface area contributed by atoms with Gasteiger partial charge in [-0.05, 0) is 65.0 Å². The van der Waals surface area contributed by atoms with E-state index in [0.717, 1.165) is 39.6 Å². The van der Waals surface area contributed by atoms with E-state index in [1.807, 2.05) is 36.7 Å². The van der Waals surface area contributed by atoms with E-state index in [0.29, 0.717) is 12.0 Å². The Bertz CT molecular complexity index is 1090. The monoisotopic (exact) mass is 400 g/mol. The van der Waals surface area contributed by atoms with E-state index in [-0.39, 0.29) is 11.8 Å². The van der Waals surface area contributed by atoms with Crippen molar-refractivity contribution in [2.45, 2.75) is 45.1 Å². The largest absolute Gasteiger partial charge is 0.497 e. The number of rotatable bonds is 5. The van der Waals surface area contributed by atoms with Crippen molar-refractivity contribution in [2.24, 2.45) is 11.3 Å². The van der Waals surface area contributed by atoms with E-state index < -0.39 is 0 Å². The Labute approximate surface area is 177 Å². The van der Waals surface area contributed by atoms with Gasteiger partial charge in [0.1, 0.15) is 5.75 Å². The number of benzene rings is 2. The summed E-state index contributed by atoms with van der Waals surface area (Å²) in [5, 5.41) is 5.44. The molecule has 2 aliphatic carbocycles. The van der Waals surface area contributed by atoms with Crippen LogP contribution in [0.1, 0.15) is 44.1 Å². The third-order valence-corrected chi connectivity index (χ3v) is 7.10. The van der Waals surface area contributed by atoms with Gasteiger partial charge in [-0.3, -0.25) is 9.78 Å². The van der Waals surface area contributed by atoms with Crippen LogP contribution < -0.4 is 10.1 Å². The molecule has 30 heavy (non-hydrogen) atoms. The molecular formula is C26H28N2O2. The predicted octanol–water partition coefficient (Wildman–Crippen LogP) is 5.50. The average Bonchev–Trinajstić information content (AvgIpc) is 3.50. The van der Waals surface area contributed by atoms with Crippen LogP contribution in [0.15, 0.2) is 54.9 Å². The molecule has 5 rings (SSSR count). The van der Waals surface area contributed by atoms with Gasteiger partial charge in [0.15, 0.2) is 0 Å². The number of methoxy groups -OCH3 is 1. The lowest BCUT2D eigenvalue weighted by Crippen LogP contribution is -2.27. The Hall–Kier alpha value is -2.88. The lowest BCUT2D eigenvalue weighted by atomic mass is 9.84. The summed E-state index contributed by atoms with van der Waals surface area (Å²) in [7, 11) is 1.68. The molecule has 4 heteroatoms. The molecule has 2 aromatic carbocycles. The van der Waals surface area contributed by atoms with Crippen molar-refractivity contribution in [1.82, 2.24) is 10.3 Å². The molecule has 0 saturated heterocycles. The summed E-state index contributed by atoms with van der Waals surface area (Å²) in [4.78, 5) is 17.2. The second-order valence-corrected chi connectivity index (χ2v) is 8.82. The Kier molecular flexibility index (Phi) is 4.93. The van der Waals surface area contributed by atoms with Crippen molar-refractivity contribution < 1.29 is 9.53 Å². The number of ether oxygens (including phenoxy) is 1. The number of hydrogen-bond acceptors (Lipinski definition) is 3. The highest BCUT2D eigenvalue weighted by atomic mass is 16.5. The molecule has 0 radical (unpaired) electrons. The number of nitrogens with one attached hydrogen (secondary N) is 1. The maximum atomic E-state index is 12.8. The maximum Gasteiger partial charge on any atom is 0.223 e. The van der Waals surface area contributed by atoms with Crippen LogP contribution in [0.25, 0.3) is 21.9 Å². The summed E-state index contributed by atoms with van der Waals surface area (Å²) in [6, 6.07) is 14.4. The molecule has 2 saturated carbocycles. The van der Waals surface area contributed by atoms with Gasteiger partial charge >= 0.3 is 0 Å². The van der Waals surface area contributed by atoms with Gasteiger partial charge in [0.05, 0.1) is 7.11 Å². The summed E-state index contributed by atoms with van der Waals surface area (Å²) in [5.74, 6) is 1.29. The third-order valence-electron chi connectivity index (χ3n) is 7.10. The van der Waals surface area contributed by atoms with Gasteiger partial charge in [-0.1, -0.05) is 43.5 Å². The average molecular weight is 401 g/mol. The molecule has 1 atom stereocenters. The number of aromatic nitrogens is 1. The third kappa shape index (κ3) is 3.45. The molecule has 0 aliphatic heterocycles. The van der Waals surface area contributed by atoms with Gasteiger partial charge in [-0.2, -0.15) is 0 Å². The summed E-state index contributed by atoms with van der Waals surface area (Å²) in [6.45, 7) is 0.548. The topological polar surface area (TPSA) is 51.2 Å². The second-order valence-electron chi connectivity index (χ2n) is 8.82. The first-order chi connectivity index (χ1) is 14.7. The standard InChI is InChI=1S/C26H28N2O2/c1-30-20-7-5-6-18(14-20)21-9-8-19(23-17-27-13-10-22(21)23)16-28-25(29)24-15-26(24)11-3-2-4-12-26/h5-10,13-14,17,24H,2-4,11-12,15-16H2,1H3,(H,28,29)/t24-/m0/s1. The van der Waals surface area contributed by atoms with Crippen LogP contribution in [0.2, 0.25) is 0 Å². The first-order valence-corrected chi connectivity index (χ1v) is 11.0. The number of pyridine rings is 1. The van der Waals surface area contributed by atoms with Gasteiger partial charge in [0.25, 0.3) is 0 Å². The Balaban J connectivity index is 1.37. The number of nitrogens with zero attached hydrogens (tertiary/aromatic N) is 1. The molecule has 1 N–H and O–H groups in total. The van der Waals surface area contributed by atoms with E-state index in [2.05, 4.69) is 28.5 Å². The summed E-state index contributed by atoms with van der Waals surface area (Å²) >= 11 is 0. The van der Waals surface area contributed by atoms with Crippen LogP contribution in [-0.4, -0.2) is 18.0 Å². The van der Waals surface area contributed by atoms with Crippen LogP contribution in [0.4, 0.5) is 0 Å². The second kappa shape index (κ2) is 7.75. The fourth-order valence-electron chi connectivity index (χ4n) is 5.28. The maximum absolute atomic E-state index is 12.8. The van der Waals surface area contributed by atoms with Crippen LogP contribution in [0.5, 0.6) is 5.75 Å². The fraction of sp³-hybridized carbons (Fsp3) is 0.385. The van der Waals surface area contributed by atoms with E-state index in [4.69, 9.17) is 4.74 Å². The first kappa shape index (κ1) is 19.1. The number of carbonyl (C=O) groups is 1. The molecule has 0 bridgehead atoms. The number of hydrogen-bond donors (Lipinski definition) is 1.